The molecule has 3 aliphatic carbocycles. The van der Waals surface area contributed by atoms with Crippen LogP contribution in [0.5, 0.6) is 0 Å². The Hall–Kier alpha value is -1.88. The van der Waals surface area contributed by atoms with Crippen LogP contribution in [0.3, 0.4) is 0 Å². The number of hydrogen-bond donors (Lipinski definition) is 4. The number of fused-ring (bicyclic) bond motifs is 5. The second-order valence-electron chi connectivity index (χ2n) is 11.3. The van der Waals surface area contributed by atoms with Crippen molar-refractivity contribution in [3.8, 4) is 0 Å². The zero-order chi connectivity index (χ0) is 27.2. The molecule has 10 heteroatoms. The van der Waals surface area contributed by atoms with Gasteiger partial charge in [-0.25, -0.2) is 4.39 Å². The third kappa shape index (κ3) is 5.22. The summed E-state index contributed by atoms with van der Waals surface area (Å²) in [7, 11) is -4.41. The zero-order valence-electron chi connectivity index (χ0n) is 21.0. The van der Waals surface area contributed by atoms with Crippen LogP contribution < -0.4 is 4.72 Å². The summed E-state index contributed by atoms with van der Waals surface area (Å²) in [6, 6.07) is 5.29. The van der Waals surface area contributed by atoms with Gasteiger partial charge >= 0.3 is 16.4 Å². The van der Waals surface area contributed by atoms with E-state index >= 15 is 0 Å². The minimum absolute atomic E-state index is 0.0572. The molecule has 0 aromatic heterocycles. The second-order valence-corrected chi connectivity index (χ2v) is 12.5. The van der Waals surface area contributed by atoms with E-state index in [4.69, 9.17) is 0 Å². The first-order valence-corrected chi connectivity index (χ1v) is 14.3. The number of aliphatic hydroxyl groups is 2. The quantitative estimate of drug-likeness (QED) is 0.176. The van der Waals surface area contributed by atoms with Gasteiger partial charge in [0.25, 0.3) is 0 Å². The first-order valence-electron chi connectivity index (χ1n) is 12.9. The van der Waals surface area contributed by atoms with E-state index < -0.39 is 34.4 Å². The van der Waals surface area contributed by atoms with Crippen molar-refractivity contribution in [1.29, 1.82) is 0 Å². The van der Waals surface area contributed by atoms with Crippen LogP contribution in [0.4, 0.5) is 18.9 Å². The van der Waals surface area contributed by atoms with Crippen LogP contribution in [0.15, 0.2) is 42.8 Å². The Morgan fingerprint density at radius 2 is 2.00 bits per heavy atom. The van der Waals surface area contributed by atoms with E-state index in [-0.39, 0.29) is 40.7 Å². The van der Waals surface area contributed by atoms with Crippen molar-refractivity contribution >= 4 is 16.0 Å². The van der Waals surface area contributed by atoms with E-state index in [1.165, 1.54) is 0 Å². The monoisotopic (exact) mass is 543 g/mol. The van der Waals surface area contributed by atoms with E-state index in [2.05, 4.69) is 18.2 Å². The minimum Gasteiger partial charge on any atom is -0.393 e. The van der Waals surface area contributed by atoms with Gasteiger partial charge in [0.2, 0.25) is 0 Å². The molecule has 0 bridgehead atoms. The van der Waals surface area contributed by atoms with Gasteiger partial charge in [0, 0.05) is 0 Å². The van der Waals surface area contributed by atoms with Gasteiger partial charge in [0.15, 0.2) is 5.83 Å². The lowest BCUT2D eigenvalue weighted by atomic mass is 9.44. The Morgan fingerprint density at radius 1 is 1.27 bits per heavy atom. The number of unbranched alkanes of at least 4 members (excludes halogenated alkanes) is 1. The Balaban J connectivity index is 1.64. The predicted octanol–water partition coefficient (Wildman–Crippen LogP) is 5.90. The molecule has 2 saturated carbocycles. The van der Waals surface area contributed by atoms with Gasteiger partial charge in [-0.3, -0.25) is 9.27 Å². The van der Waals surface area contributed by atoms with Crippen LogP contribution in [0.25, 0.3) is 0 Å². The van der Waals surface area contributed by atoms with Crippen molar-refractivity contribution < 1.29 is 36.4 Å². The molecule has 4 unspecified atom stereocenters. The number of aryl methyl sites for hydroxylation is 1. The molecular weight excluding hydrogens is 507 g/mol. The van der Waals surface area contributed by atoms with Gasteiger partial charge in [0.05, 0.1) is 11.8 Å². The smallest absolute Gasteiger partial charge is 0.357 e. The maximum absolute atomic E-state index is 13.3. The average molecular weight is 544 g/mol. The molecule has 37 heavy (non-hydrogen) atoms. The first kappa shape index (κ1) is 28.1. The molecule has 4 rings (SSSR count). The lowest BCUT2D eigenvalue weighted by Crippen LogP contribution is -2.54. The Kier molecular flexibility index (Phi) is 7.87. The highest BCUT2D eigenvalue weighted by Crippen LogP contribution is 2.69. The van der Waals surface area contributed by atoms with Crippen molar-refractivity contribution in [2.45, 2.75) is 82.8 Å². The molecule has 1 aromatic carbocycles. The number of hydrogen-bond acceptors (Lipinski definition) is 4. The molecule has 1 aromatic rings. The third-order valence-corrected chi connectivity index (χ3v) is 9.89. The van der Waals surface area contributed by atoms with E-state index in [9.17, 15) is 36.4 Å². The van der Waals surface area contributed by atoms with Crippen molar-refractivity contribution in [2.75, 3.05) is 4.72 Å². The third-order valence-electron chi connectivity index (χ3n) is 9.40. The Morgan fingerprint density at radius 3 is 2.65 bits per heavy atom. The standard InChI is InChI=1S/C27H36F3NO5S/c1-3-27-13-12-16-14-18(31-37(34,35)36)8-9-19(16)23(27)17(15-26(2)21(27)10-11-22(26)33)6-4-5-7-20(32)24(28)25(29)30/h3,8-9,14,17,20-23,31-33H,1,4-7,10-13,15H2,2H3,(H,34,35,36)/t17-,20?,21?,22-,23?,26-,27?/m0/s1. The van der Waals surface area contributed by atoms with Gasteiger partial charge < -0.3 is 10.2 Å². The van der Waals surface area contributed by atoms with Crippen molar-refractivity contribution in [3.63, 3.8) is 0 Å². The summed E-state index contributed by atoms with van der Waals surface area (Å²) >= 11 is 0. The fourth-order valence-electron chi connectivity index (χ4n) is 7.91. The summed E-state index contributed by atoms with van der Waals surface area (Å²) in [5, 5.41) is 20.7. The summed E-state index contributed by atoms with van der Waals surface area (Å²) in [5.74, 6) is -1.38. The highest BCUT2D eigenvalue weighted by atomic mass is 32.2. The topological polar surface area (TPSA) is 107 Å². The number of nitrogens with one attached hydrogen (secondary N) is 1. The molecule has 7 atom stereocenters. The second kappa shape index (κ2) is 10.4. The molecule has 2 fully saturated rings. The van der Waals surface area contributed by atoms with Crippen molar-refractivity contribution in [2.24, 2.45) is 22.7 Å². The van der Waals surface area contributed by atoms with Crippen LogP contribution in [0, 0.1) is 22.7 Å². The molecule has 4 N–H and O–H groups in total. The van der Waals surface area contributed by atoms with Gasteiger partial charge in [-0.1, -0.05) is 31.9 Å². The number of halogens is 3. The predicted molar refractivity (Wildman–Crippen MR) is 135 cm³/mol. The Bertz CT molecular complexity index is 1170. The molecule has 0 spiro atoms. The summed E-state index contributed by atoms with van der Waals surface area (Å²) in [5.41, 5.74) is 1.79. The fourth-order valence-corrected chi connectivity index (χ4v) is 8.34. The van der Waals surface area contributed by atoms with Crippen LogP contribution >= 0.6 is 0 Å². The minimum atomic E-state index is -4.41. The summed E-state index contributed by atoms with van der Waals surface area (Å²) in [4.78, 5) is 0. The Labute approximate surface area is 216 Å². The highest BCUT2D eigenvalue weighted by molar-refractivity contribution is 7.87. The molecule has 206 valence electrons. The molecule has 0 amide bonds. The average Bonchev–Trinajstić information content (AvgIpc) is 3.13. The largest absolute Gasteiger partial charge is 0.393 e. The van der Waals surface area contributed by atoms with Crippen molar-refractivity contribution in [3.05, 3.63) is 53.9 Å². The molecular formula is C27H36F3NO5S. The van der Waals surface area contributed by atoms with Crippen molar-refractivity contribution in [1.82, 2.24) is 0 Å². The molecule has 0 radical (unpaired) electrons. The maximum atomic E-state index is 13.3. The molecule has 3 aliphatic rings. The zero-order valence-corrected chi connectivity index (χ0v) is 21.8. The van der Waals surface area contributed by atoms with Crippen LogP contribution in [-0.2, 0) is 16.7 Å². The lowest BCUT2D eigenvalue weighted by Gasteiger charge is -2.60. The number of benzene rings is 1. The SMILES string of the molecule is C=CC12CCc3cc(NS(=O)(=O)O)ccc3C1[C@@H](CCCCC(O)C(F)=C(F)F)C[C@@]1(C)C2CC[C@@H]1O. The molecule has 0 aliphatic heterocycles. The maximum Gasteiger partial charge on any atom is 0.357 e. The first-order chi connectivity index (χ1) is 17.3. The molecule has 6 nitrogen and oxygen atoms in total. The summed E-state index contributed by atoms with van der Waals surface area (Å²) in [6.07, 6.45) is 2.73. The van der Waals surface area contributed by atoms with Gasteiger partial charge in [-0.2, -0.15) is 17.2 Å². The molecule has 0 saturated heterocycles. The van der Waals surface area contributed by atoms with Crippen LogP contribution in [-0.4, -0.2) is 35.4 Å². The number of aliphatic hydroxyl groups excluding tert-OH is 2. The van der Waals surface area contributed by atoms with E-state index in [1.807, 2.05) is 12.1 Å². The number of allylic oxidation sites excluding steroid dienone is 1. The normalized spacial score (nSPS) is 33.6. The van der Waals surface area contributed by atoms with E-state index in [0.29, 0.717) is 32.1 Å². The van der Waals surface area contributed by atoms with Gasteiger partial charge in [0.1, 0.15) is 6.10 Å². The summed E-state index contributed by atoms with van der Waals surface area (Å²) in [6.45, 7) is 6.39. The van der Waals surface area contributed by atoms with E-state index in [1.54, 1.807) is 12.1 Å². The number of rotatable bonds is 9. The van der Waals surface area contributed by atoms with E-state index in [0.717, 1.165) is 30.4 Å². The van der Waals surface area contributed by atoms with Crippen LogP contribution in [0.2, 0.25) is 0 Å². The fraction of sp³-hybridized carbons (Fsp3) is 0.630. The van der Waals surface area contributed by atoms with Gasteiger partial charge in [-0.05, 0) is 96.8 Å². The number of anilines is 1. The van der Waals surface area contributed by atoms with Gasteiger partial charge in [-0.15, -0.1) is 6.58 Å². The molecule has 0 heterocycles. The summed E-state index contributed by atoms with van der Waals surface area (Å²) < 4.78 is 72.3. The highest BCUT2D eigenvalue weighted by Gasteiger charge is 2.63. The lowest BCUT2D eigenvalue weighted by molar-refractivity contribution is -0.0812. The van der Waals surface area contributed by atoms with Crippen LogP contribution in [0.1, 0.15) is 75.3 Å².